The van der Waals surface area contributed by atoms with Crippen LogP contribution in [0.5, 0.6) is 23.0 Å². The minimum atomic E-state index is -0.320. The second-order valence-corrected chi connectivity index (χ2v) is 21.9. The number of rotatable bonds is 13. The lowest BCUT2D eigenvalue weighted by atomic mass is 9.79. The lowest BCUT2D eigenvalue weighted by Crippen LogP contribution is -2.18. The van der Waals surface area contributed by atoms with Crippen molar-refractivity contribution in [2.45, 2.75) is 177 Å². The third kappa shape index (κ3) is 12.6. The fourth-order valence-electron chi connectivity index (χ4n) is 8.30. The van der Waals surface area contributed by atoms with E-state index in [4.69, 9.17) is 23.7 Å². The van der Waals surface area contributed by atoms with Crippen LogP contribution in [0.25, 0.3) is 0 Å². The van der Waals surface area contributed by atoms with Crippen molar-refractivity contribution in [3.63, 3.8) is 0 Å². The molecule has 0 radical (unpaired) electrons. The number of fused-ring (bicyclic) bond motifs is 8. The summed E-state index contributed by atoms with van der Waals surface area (Å²) in [5, 5.41) is 0. The molecule has 0 unspecified atom stereocenters. The van der Waals surface area contributed by atoms with Crippen LogP contribution in [0.2, 0.25) is 0 Å². The molecule has 0 spiro atoms. The Morgan fingerprint density at radius 1 is 0.381 bits per heavy atom. The summed E-state index contributed by atoms with van der Waals surface area (Å²) in [6.07, 6.45) is 5.17. The first-order chi connectivity index (χ1) is 29.4. The van der Waals surface area contributed by atoms with Crippen LogP contribution in [0.1, 0.15) is 197 Å². The minimum Gasteiger partial charge on any atom is -0.493 e. The molecule has 344 valence electrons. The standard InChI is InChI=1S/C57H80O6/c1-17-20-60-50-38-25-40-31-47(55(8,9)10)33-42(51(40)61-21-18-2)27-44-35-49(57(14,15)16)36-45(53(44)63-24-23-59-37(4)58)28-43-34-48(56(11,12)13)32-41(52(43)62-22-19-3)26-39(50)30-46(29-38)54(5,6)7/h29-36H,17-28H2,1-16H3. The zero-order valence-corrected chi connectivity index (χ0v) is 42.1. The first-order valence-corrected chi connectivity index (χ1v) is 23.7. The second-order valence-electron chi connectivity index (χ2n) is 21.9. The van der Waals surface area contributed by atoms with Gasteiger partial charge in [0.2, 0.25) is 0 Å². The molecule has 0 fully saturated rings. The van der Waals surface area contributed by atoms with Crippen molar-refractivity contribution in [1.29, 1.82) is 0 Å². The molecule has 1 aliphatic rings. The minimum absolute atomic E-state index is 0.104. The third-order valence-corrected chi connectivity index (χ3v) is 11.9. The smallest absolute Gasteiger partial charge is 0.302 e. The average Bonchev–Trinajstić information content (AvgIpc) is 3.17. The van der Waals surface area contributed by atoms with Gasteiger partial charge in [-0.25, -0.2) is 0 Å². The number of carbonyl (C=O) groups excluding carboxylic acids is 1. The van der Waals surface area contributed by atoms with Gasteiger partial charge in [-0.2, -0.15) is 0 Å². The number of esters is 1. The Labute approximate surface area is 381 Å². The molecule has 63 heavy (non-hydrogen) atoms. The van der Waals surface area contributed by atoms with Crippen molar-refractivity contribution in [1.82, 2.24) is 0 Å². The van der Waals surface area contributed by atoms with Crippen molar-refractivity contribution in [2.24, 2.45) is 0 Å². The predicted molar refractivity (Wildman–Crippen MR) is 261 cm³/mol. The van der Waals surface area contributed by atoms with Crippen molar-refractivity contribution in [3.8, 4) is 23.0 Å². The quantitative estimate of drug-likeness (QED) is 0.0868. The molecule has 0 saturated heterocycles. The summed E-state index contributed by atoms with van der Waals surface area (Å²) in [5.41, 5.74) is 13.6. The summed E-state index contributed by atoms with van der Waals surface area (Å²) in [4.78, 5) is 11.9. The Bertz CT molecular complexity index is 2090. The average molecular weight is 861 g/mol. The van der Waals surface area contributed by atoms with Crippen LogP contribution in [0.3, 0.4) is 0 Å². The Hall–Kier alpha value is -4.45. The van der Waals surface area contributed by atoms with Crippen molar-refractivity contribution in [2.75, 3.05) is 33.0 Å². The molecule has 0 N–H and O–H groups in total. The SMILES string of the molecule is CCCOc1c2cc(C(C)(C)C)cc1Cc1cc(C(C)(C)C)cc(c1OCCC)Cc1cc(C(C)(C)C)cc(c1OCCOC(C)=O)Cc1cc(C(C)(C)C)cc(c1OCCC)C2. The van der Waals surface area contributed by atoms with Gasteiger partial charge in [0.1, 0.15) is 36.2 Å². The second kappa shape index (κ2) is 20.2. The monoisotopic (exact) mass is 861 g/mol. The van der Waals surface area contributed by atoms with Gasteiger partial charge in [0.05, 0.1) is 19.8 Å². The van der Waals surface area contributed by atoms with Crippen LogP contribution < -0.4 is 18.9 Å². The van der Waals surface area contributed by atoms with Gasteiger partial charge in [0, 0.05) is 32.6 Å². The molecule has 6 nitrogen and oxygen atoms in total. The maximum absolute atomic E-state index is 11.9. The van der Waals surface area contributed by atoms with Crippen molar-refractivity contribution in [3.05, 3.63) is 115 Å². The van der Waals surface area contributed by atoms with Gasteiger partial charge in [0.25, 0.3) is 0 Å². The first-order valence-electron chi connectivity index (χ1n) is 23.7. The molecule has 0 saturated carbocycles. The van der Waals surface area contributed by atoms with E-state index in [1.54, 1.807) is 0 Å². The summed E-state index contributed by atoms with van der Waals surface area (Å²) in [6.45, 7) is 37.7. The lowest BCUT2D eigenvalue weighted by molar-refractivity contribution is -0.141. The maximum Gasteiger partial charge on any atom is 0.302 e. The number of hydrogen-bond donors (Lipinski definition) is 0. The van der Waals surface area contributed by atoms with Gasteiger partial charge in [-0.1, -0.05) is 152 Å². The van der Waals surface area contributed by atoms with E-state index in [1.165, 1.54) is 40.3 Å². The Morgan fingerprint density at radius 2 is 0.587 bits per heavy atom. The highest BCUT2D eigenvalue weighted by molar-refractivity contribution is 5.66. The summed E-state index contributed by atoms with van der Waals surface area (Å²) in [7, 11) is 0. The molecule has 8 bridgehead atoms. The van der Waals surface area contributed by atoms with E-state index < -0.39 is 0 Å². The highest BCUT2D eigenvalue weighted by Crippen LogP contribution is 2.44. The van der Waals surface area contributed by atoms with E-state index in [1.807, 2.05) is 0 Å². The third-order valence-electron chi connectivity index (χ3n) is 11.9. The highest BCUT2D eigenvalue weighted by atomic mass is 16.6. The van der Waals surface area contributed by atoms with Gasteiger partial charge in [-0.15, -0.1) is 0 Å². The molecule has 4 aromatic rings. The van der Waals surface area contributed by atoms with Gasteiger partial charge in [-0.3, -0.25) is 4.79 Å². The number of benzene rings is 4. The topological polar surface area (TPSA) is 63.2 Å². The molecule has 0 heterocycles. The predicted octanol–water partition coefficient (Wildman–Crippen LogP) is 13.9. The molecule has 5 rings (SSSR count). The zero-order valence-electron chi connectivity index (χ0n) is 42.1. The Kier molecular flexibility index (Phi) is 15.9. The van der Waals surface area contributed by atoms with Crippen molar-refractivity contribution >= 4 is 5.97 Å². The molecule has 1 aliphatic carbocycles. The molecule has 0 aliphatic heterocycles. The van der Waals surface area contributed by atoms with Crippen LogP contribution in [0.4, 0.5) is 0 Å². The van der Waals surface area contributed by atoms with Crippen LogP contribution in [0, 0.1) is 0 Å². The fourth-order valence-corrected chi connectivity index (χ4v) is 8.30. The summed E-state index contributed by atoms with van der Waals surface area (Å²) >= 11 is 0. The number of hydrogen-bond acceptors (Lipinski definition) is 6. The molecular weight excluding hydrogens is 781 g/mol. The van der Waals surface area contributed by atoms with Crippen LogP contribution >= 0.6 is 0 Å². The molecule has 4 aromatic carbocycles. The fraction of sp³-hybridized carbons (Fsp3) is 0.561. The molecule has 0 aromatic heterocycles. The zero-order chi connectivity index (χ0) is 46.5. The van der Waals surface area contributed by atoms with E-state index in [2.05, 4.69) is 152 Å². The van der Waals surface area contributed by atoms with E-state index in [9.17, 15) is 4.79 Å². The molecule has 0 atom stereocenters. The van der Waals surface area contributed by atoms with Crippen LogP contribution in [0.15, 0.2) is 48.5 Å². The Balaban J connectivity index is 2.00. The Morgan fingerprint density at radius 3 is 0.762 bits per heavy atom. The van der Waals surface area contributed by atoms with Gasteiger partial charge < -0.3 is 23.7 Å². The summed E-state index contributed by atoms with van der Waals surface area (Å²) in [6, 6.07) is 19.0. The highest BCUT2D eigenvalue weighted by Gasteiger charge is 2.29. The number of ether oxygens (including phenoxy) is 5. The van der Waals surface area contributed by atoms with Gasteiger partial charge >= 0.3 is 5.97 Å². The maximum atomic E-state index is 11.9. The lowest BCUT2D eigenvalue weighted by Gasteiger charge is -2.29. The van der Waals surface area contributed by atoms with E-state index in [-0.39, 0.29) is 40.8 Å². The van der Waals surface area contributed by atoms with E-state index in [0.29, 0.717) is 45.5 Å². The van der Waals surface area contributed by atoms with Crippen LogP contribution in [-0.2, 0) is 56.9 Å². The number of carbonyl (C=O) groups is 1. The van der Waals surface area contributed by atoms with Gasteiger partial charge in [-0.05, 0) is 108 Å². The molecule has 0 amide bonds. The summed E-state index contributed by atoms with van der Waals surface area (Å²) in [5.74, 6) is 3.34. The van der Waals surface area contributed by atoms with E-state index >= 15 is 0 Å². The van der Waals surface area contributed by atoms with Gasteiger partial charge in [0.15, 0.2) is 0 Å². The molecular formula is C57H80O6. The first kappa shape index (κ1) is 49.6. The largest absolute Gasteiger partial charge is 0.493 e. The molecule has 6 heteroatoms. The van der Waals surface area contributed by atoms with Crippen molar-refractivity contribution < 1.29 is 28.5 Å². The normalized spacial score (nSPS) is 13.4. The summed E-state index contributed by atoms with van der Waals surface area (Å²) < 4.78 is 33.1. The van der Waals surface area contributed by atoms with Crippen LogP contribution in [-0.4, -0.2) is 39.0 Å². The van der Waals surface area contributed by atoms with E-state index in [0.717, 1.165) is 75.6 Å².